The number of methoxy groups -OCH3 is 1. The Hall–Kier alpha value is -0.160. The second-order valence-corrected chi connectivity index (χ2v) is 1.92. The lowest BCUT2D eigenvalue weighted by molar-refractivity contribution is -0.493. The summed E-state index contributed by atoms with van der Waals surface area (Å²) in [6, 6.07) is 0. The lowest BCUT2D eigenvalue weighted by Crippen LogP contribution is -2.10. The first kappa shape index (κ1) is 8.84. The van der Waals surface area contributed by atoms with Crippen molar-refractivity contribution in [2.45, 2.75) is 6.92 Å². The van der Waals surface area contributed by atoms with Crippen LogP contribution in [0.2, 0.25) is 0 Å². The molecule has 0 bridgehead atoms. The molecule has 1 unspecified atom stereocenters. The minimum Gasteiger partial charge on any atom is -0.384 e. The van der Waals surface area contributed by atoms with Crippen LogP contribution in [0, 0.1) is 5.92 Å². The van der Waals surface area contributed by atoms with E-state index in [4.69, 9.17) is 9.99 Å². The van der Waals surface area contributed by atoms with Gasteiger partial charge in [0.2, 0.25) is 0 Å². The predicted molar refractivity (Wildman–Crippen MR) is 30.7 cm³/mol. The van der Waals surface area contributed by atoms with E-state index < -0.39 is 0 Å². The Labute approximate surface area is 54.2 Å². The third kappa shape index (κ3) is 5.72. The summed E-state index contributed by atoms with van der Waals surface area (Å²) in [5.41, 5.74) is 0. The van der Waals surface area contributed by atoms with E-state index in [9.17, 15) is 0 Å². The number of ether oxygens (including phenoxy) is 1. The maximum absolute atomic E-state index is 7.72. The molecular weight excluding hydrogens is 124 g/mol. The molecule has 0 aromatic carbocycles. The van der Waals surface area contributed by atoms with Crippen molar-refractivity contribution >= 4 is 0 Å². The van der Waals surface area contributed by atoms with Crippen LogP contribution in [-0.4, -0.2) is 25.6 Å². The first-order valence-electron chi connectivity index (χ1n) is 2.73. The van der Waals surface area contributed by atoms with Crippen LogP contribution in [0.4, 0.5) is 0 Å². The van der Waals surface area contributed by atoms with Crippen molar-refractivity contribution < 1.29 is 19.9 Å². The van der Waals surface area contributed by atoms with Gasteiger partial charge in [-0.05, 0) is 0 Å². The zero-order valence-electron chi connectivity index (χ0n) is 5.66. The highest BCUT2D eigenvalue weighted by atomic mass is 17.5. The third-order valence-electron chi connectivity index (χ3n) is 0.856. The highest BCUT2D eigenvalue weighted by Crippen LogP contribution is 1.94. The van der Waals surface area contributed by atoms with Crippen LogP contribution < -0.4 is 0 Å². The molecule has 9 heavy (non-hydrogen) atoms. The Morgan fingerprint density at radius 1 is 1.44 bits per heavy atom. The van der Waals surface area contributed by atoms with E-state index in [1.54, 1.807) is 7.11 Å². The third-order valence-corrected chi connectivity index (χ3v) is 0.856. The highest BCUT2D eigenvalue weighted by Gasteiger charge is 2.00. The van der Waals surface area contributed by atoms with Crippen molar-refractivity contribution in [2.75, 3.05) is 20.3 Å². The summed E-state index contributed by atoms with van der Waals surface area (Å²) in [4.78, 5) is 4.22. The van der Waals surface area contributed by atoms with E-state index in [2.05, 4.69) is 9.93 Å². The molecule has 0 aromatic heterocycles. The molecule has 0 amide bonds. The average molecular weight is 136 g/mol. The minimum atomic E-state index is 0.238. The van der Waals surface area contributed by atoms with Gasteiger partial charge in [-0.1, -0.05) is 12.0 Å². The van der Waals surface area contributed by atoms with Crippen LogP contribution in [0.15, 0.2) is 0 Å². The van der Waals surface area contributed by atoms with Gasteiger partial charge >= 0.3 is 0 Å². The first-order valence-corrected chi connectivity index (χ1v) is 2.73. The van der Waals surface area contributed by atoms with E-state index in [1.165, 1.54) is 0 Å². The molecule has 4 heteroatoms. The standard InChI is InChI=1S/C5H12O4/c1-5(3-7-2)4-8-9-6/h5-6H,3-4H2,1-2H3. The minimum absolute atomic E-state index is 0.238. The predicted octanol–water partition coefficient (Wildman–Crippen LogP) is 0.690. The monoisotopic (exact) mass is 136 g/mol. The summed E-state index contributed by atoms with van der Waals surface area (Å²) in [5.74, 6) is 0.238. The molecule has 0 radical (unpaired) electrons. The highest BCUT2D eigenvalue weighted by molar-refractivity contribution is 4.44. The molecule has 0 aliphatic rings. The number of rotatable bonds is 5. The quantitative estimate of drug-likeness (QED) is 0.446. The smallest absolute Gasteiger partial charge is 0.0901 e. The van der Waals surface area contributed by atoms with Gasteiger partial charge in [-0.15, -0.1) is 0 Å². The van der Waals surface area contributed by atoms with Gasteiger partial charge in [0, 0.05) is 13.0 Å². The van der Waals surface area contributed by atoms with Crippen LogP contribution in [0.1, 0.15) is 6.92 Å². The van der Waals surface area contributed by atoms with E-state index in [1.807, 2.05) is 6.92 Å². The first-order chi connectivity index (χ1) is 4.31. The van der Waals surface area contributed by atoms with Crippen LogP contribution in [0.5, 0.6) is 0 Å². The van der Waals surface area contributed by atoms with Crippen LogP contribution in [0.25, 0.3) is 0 Å². The molecule has 0 rings (SSSR count). The Morgan fingerprint density at radius 2 is 2.11 bits per heavy atom. The molecule has 1 atom stereocenters. The van der Waals surface area contributed by atoms with Crippen LogP contribution >= 0.6 is 0 Å². The Balaban J connectivity index is 2.95. The fourth-order valence-corrected chi connectivity index (χ4v) is 0.479. The fourth-order valence-electron chi connectivity index (χ4n) is 0.479. The van der Waals surface area contributed by atoms with Crippen molar-refractivity contribution in [3.63, 3.8) is 0 Å². The summed E-state index contributed by atoms with van der Waals surface area (Å²) in [7, 11) is 1.61. The van der Waals surface area contributed by atoms with Crippen LogP contribution in [-0.2, 0) is 14.7 Å². The second kappa shape index (κ2) is 5.97. The van der Waals surface area contributed by atoms with Crippen LogP contribution in [0.3, 0.4) is 0 Å². The van der Waals surface area contributed by atoms with Gasteiger partial charge < -0.3 is 4.74 Å². The summed E-state index contributed by atoms with van der Waals surface area (Å²) < 4.78 is 4.78. The summed E-state index contributed by atoms with van der Waals surface area (Å²) in [6.07, 6.45) is 0. The molecule has 0 aliphatic carbocycles. The maximum Gasteiger partial charge on any atom is 0.0901 e. The van der Waals surface area contributed by atoms with Gasteiger partial charge in [-0.3, -0.25) is 0 Å². The maximum atomic E-state index is 7.72. The summed E-state index contributed by atoms with van der Waals surface area (Å²) >= 11 is 0. The summed E-state index contributed by atoms with van der Waals surface area (Å²) in [6.45, 7) is 2.86. The van der Waals surface area contributed by atoms with E-state index in [0.717, 1.165) is 0 Å². The largest absolute Gasteiger partial charge is 0.384 e. The van der Waals surface area contributed by atoms with Crippen molar-refractivity contribution in [1.82, 2.24) is 0 Å². The lowest BCUT2D eigenvalue weighted by atomic mass is 10.2. The molecule has 0 aliphatic heterocycles. The van der Waals surface area contributed by atoms with E-state index in [-0.39, 0.29) is 5.92 Å². The van der Waals surface area contributed by atoms with Crippen molar-refractivity contribution in [3.8, 4) is 0 Å². The molecule has 0 spiro atoms. The Kier molecular flexibility index (Phi) is 5.86. The molecule has 56 valence electrons. The topological polar surface area (TPSA) is 47.9 Å². The Bertz CT molecular complexity index is 56.9. The lowest BCUT2D eigenvalue weighted by Gasteiger charge is -2.06. The molecule has 1 N–H and O–H groups in total. The van der Waals surface area contributed by atoms with Crippen molar-refractivity contribution in [1.29, 1.82) is 0 Å². The fraction of sp³-hybridized carbons (Fsp3) is 1.00. The number of hydrogen-bond acceptors (Lipinski definition) is 4. The zero-order valence-corrected chi connectivity index (χ0v) is 5.66. The van der Waals surface area contributed by atoms with Crippen molar-refractivity contribution in [3.05, 3.63) is 0 Å². The molecule has 0 aromatic rings. The average Bonchev–Trinajstić information content (AvgIpc) is 1.85. The van der Waals surface area contributed by atoms with Gasteiger partial charge in [0.25, 0.3) is 0 Å². The summed E-state index contributed by atoms with van der Waals surface area (Å²) in [5, 5.41) is 11.1. The Morgan fingerprint density at radius 3 is 2.56 bits per heavy atom. The second-order valence-electron chi connectivity index (χ2n) is 1.92. The molecular formula is C5H12O4. The molecule has 0 heterocycles. The zero-order chi connectivity index (χ0) is 7.11. The SMILES string of the molecule is COCC(C)COOO. The van der Waals surface area contributed by atoms with Gasteiger partial charge in [0.1, 0.15) is 0 Å². The van der Waals surface area contributed by atoms with Gasteiger partial charge in [-0.2, -0.15) is 0 Å². The van der Waals surface area contributed by atoms with Gasteiger partial charge in [0.05, 0.1) is 13.2 Å². The number of hydrogen-bond donors (Lipinski definition) is 1. The van der Waals surface area contributed by atoms with Crippen molar-refractivity contribution in [2.24, 2.45) is 5.92 Å². The van der Waals surface area contributed by atoms with Gasteiger partial charge in [-0.25, -0.2) is 10.1 Å². The van der Waals surface area contributed by atoms with Gasteiger partial charge in [0.15, 0.2) is 0 Å². The molecule has 4 nitrogen and oxygen atoms in total. The van der Waals surface area contributed by atoms with E-state index in [0.29, 0.717) is 13.2 Å². The molecule has 0 saturated heterocycles. The molecule has 0 saturated carbocycles. The normalized spacial score (nSPS) is 13.7. The molecule has 0 fully saturated rings. The van der Waals surface area contributed by atoms with E-state index >= 15 is 0 Å².